The van der Waals surface area contributed by atoms with Gasteiger partial charge in [0.05, 0.1) is 25.6 Å². The van der Waals surface area contributed by atoms with E-state index >= 15 is 0 Å². The first-order chi connectivity index (χ1) is 7.79. The largest absolute Gasteiger partial charge is 0.379 e. The van der Waals surface area contributed by atoms with Gasteiger partial charge in [-0.1, -0.05) is 0 Å². The van der Waals surface area contributed by atoms with Gasteiger partial charge in [0, 0.05) is 18.4 Å². The summed E-state index contributed by atoms with van der Waals surface area (Å²) in [6.07, 6.45) is 3.48. The summed E-state index contributed by atoms with van der Waals surface area (Å²) < 4.78 is 7.16. The van der Waals surface area contributed by atoms with E-state index < -0.39 is 0 Å². The van der Waals surface area contributed by atoms with E-state index in [-0.39, 0.29) is 11.9 Å². The Morgan fingerprint density at radius 2 is 2.50 bits per heavy atom. The van der Waals surface area contributed by atoms with Crippen LogP contribution in [0.4, 0.5) is 0 Å². The molecule has 0 saturated carbocycles. The molecular formula is C9H11IN3O2P. The van der Waals surface area contributed by atoms with Crippen molar-refractivity contribution < 1.29 is 9.53 Å². The molecule has 2 atom stereocenters. The second-order valence-corrected chi connectivity index (χ2v) is 6.06. The topological polar surface area (TPSA) is 47.4 Å². The highest BCUT2D eigenvalue weighted by Gasteiger charge is 2.36. The molecule has 0 aromatic carbocycles. The molecule has 1 saturated heterocycles. The summed E-state index contributed by atoms with van der Waals surface area (Å²) in [6.45, 7) is 2.13. The molecule has 86 valence electrons. The Hall–Kier alpha value is -0.200. The van der Waals surface area contributed by atoms with E-state index in [9.17, 15) is 4.79 Å². The lowest BCUT2D eigenvalue weighted by molar-refractivity contribution is 0.0672. The molecule has 2 aliphatic rings. The average Bonchev–Trinajstić information content (AvgIpc) is 2.96. The fourth-order valence-corrected chi connectivity index (χ4v) is 3.29. The van der Waals surface area contributed by atoms with Crippen LogP contribution in [0.25, 0.3) is 0 Å². The minimum Gasteiger partial charge on any atom is -0.379 e. The van der Waals surface area contributed by atoms with Crippen molar-refractivity contribution in [3.05, 3.63) is 17.5 Å². The Balaban J connectivity index is 1.84. The number of fused-ring (bicyclic) bond motifs is 1. The smallest absolute Gasteiger partial charge is 0.275 e. The molecule has 5 nitrogen and oxygen atoms in total. The zero-order valence-electron chi connectivity index (χ0n) is 8.52. The van der Waals surface area contributed by atoms with Crippen molar-refractivity contribution in [1.82, 2.24) is 14.5 Å². The summed E-state index contributed by atoms with van der Waals surface area (Å²) >= 11 is 2.26. The van der Waals surface area contributed by atoms with Gasteiger partial charge in [-0.25, -0.2) is 4.45 Å². The van der Waals surface area contributed by atoms with E-state index in [1.807, 2.05) is 15.5 Å². The molecule has 2 aliphatic heterocycles. The minimum absolute atomic E-state index is 0.0684. The SMILES string of the molecule is O=C1c2nn(PI)cc2CN1C1CCOC1. The first-order valence-electron chi connectivity index (χ1n) is 5.13. The number of rotatable bonds is 2. The highest BCUT2D eigenvalue weighted by atomic mass is 127. The van der Waals surface area contributed by atoms with Gasteiger partial charge in [0.25, 0.3) is 5.91 Å². The maximum atomic E-state index is 12.1. The third-order valence-electron chi connectivity index (χ3n) is 3.03. The standard InChI is InChI=1S/C9H11IN3O2P/c10-16-13-4-6-3-12(7-1-2-15-5-7)9(14)8(6)11-13/h4,7,16H,1-3,5H2. The lowest BCUT2D eigenvalue weighted by Crippen LogP contribution is -2.36. The summed E-state index contributed by atoms with van der Waals surface area (Å²) in [7, 11) is 0. The zero-order chi connectivity index (χ0) is 11.1. The number of hydrogen-bond donors (Lipinski definition) is 0. The van der Waals surface area contributed by atoms with Gasteiger partial charge >= 0.3 is 0 Å². The molecule has 2 unspecified atom stereocenters. The molecule has 7 heteroatoms. The van der Waals surface area contributed by atoms with Crippen LogP contribution in [-0.2, 0) is 11.3 Å². The third kappa shape index (κ3) is 1.67. The first-order valence-corrected chi connectivity index (χ1v) is 9.19. The normalized spacial score (nSPS) is 24.9. The minimum atomic E-state index is 0.0684. The van der Waals surface area contributed by atoms with Crippen LogP contribution < -0.4 is 0 Å². The molecule has 16 heavy (non-hydrogen) atoms. The van der Waals surface area contributed by atoms with Crippen molar-refractivity contribution in [1.29, 1.82) is 0 Å². The fourth-order valence-electron chi connectivity index (χ4n) is 2.20. The van der Waals surface area contributed by atoms with Crippen LogP contribution in [0.3, 0.4) is 0 Å². The van der Waals surface area contributed by atoms with Crippen molar-refractivity contribution in [3.8, 4) is 0 Å². The fraction of sp³-hybridized carbons (Fsp3) is 0.556. The first kappa shape index (κ1) is 10.9. The van der Waals surface area contributed by atoms with Gasteiger partial charge in [0.15, 0.2) is 5.69 Å². The highest BCUT2D eigenvalue weighted by Crippen LogP contribution is 2.30. The Labute approximate surface area is 108 Å². The summed E-state index contributed by atoms with van der Waals surface area (Å²) in [6, 6.07) is 0.247. The molecule has 0 aliphatic carbocycles. The highest BCUT2D eigenvalue weighted by molar-refractivity contribution is 14.2. The second kappa shape index (κ2) is 4.23. The number of ether oxygens (including phenoxy) is 1. The molecule has 1 amide bonds. The van der Waals surface area contributed by atoms with Crippen LogP contribution in [0.15, 0.2) is 6.20 Å². The zero-order valence-corrected chi connectivity index (χ0v) is 11.7. The van der Waals surface area contributed by atoms with Gasteiger partial charge in [-0.3, -0.25) is 4.79 Å². The Bertz CT molecular complexity index is 430. The Kier molecular flexibility index (Phi) is 2.89. The monoisotopic (exact) mass is 351 g/mol. The number of hydrogen-bond acceptors (Lipinski definition) is 3. The van der Waals surface area contributed by atoms with E-state index in [1.54, 1.807) is 0 Å². The molecule has 1 aromatic heterocycles. The molecule has 0 bridgehead atoms. The predicted octanol–water partition coefficient (Wildman–Crippen LogP) is 1.42. The van der Waals surface area contributed by atoms with Crippen LogP contribution >= 0.6 is 28.4 Å². The number of amides is 1. The second-order valence-electron chi connectivity index (χ2n) is 3.98. The summed E-state index contributed by atoms with van der Waals surface area (Å²) in [5.74, 6) is 0.0684. The molecule has 0 spiro atoms. The van der Waals surface area contributed by atoms with E-state index in [1.165, 1.54) is 0 Å². The number of aromatic nitrogens is 2. The van der Waals surface area contributed by atoms with Crippen molar-refractivity contribution in [2.45, 2.75) is 19.0 Å². The van der Waals surface area contributed by atoms with Crippen molar-refractivity contribution in [2.75, 3.05) is 13.2 Å². The summed E-state index contributed by atoms with van der Waals surface area (Å²) in [4.78, 5) is 14.0. The van der Waals surface area contributed by atoms with Crippen molar-refractivity contribution in [3.63, 3.8) is 0 Å². The average molecular weight is 351 g/mol. The van der Waals surface area contributed by atoms with Crippen LogP contribution in [0, 0.1) is 0 Å². The predicted molar refractivity (Wildman–Crippen MR) is 69.1 cm³/mol. The van der Waals surface area contributed by atoms with Gasteiger partial charge in [-0.2, -0.15) is 5.10 Å². The van der Waals surface area contributed by atoms with E-state index in [2.05, 4.69) is 27.1 Å². The van der Waals surface area contributed by atoms with E-state index in [0.29, 0.717) is 25.2 Å². The Morgan fingerprint density at radius 3 is 3.12 bits per heavy atom. The molecule has 0 N–H and O–H groups in total. The number of carbonyl (C=O) groups excluding carboxylic acids is 1. The van der Waals surface area contributed by atoms with Crippen LogP contribution in [0.5, 0.6) is 0 Å². The van der Waals surface area contributed by atoms with Crippen molar-refractivity contribution in [2.24, 2.45) is 0 Å². The van der Waals surface area contributed by atoms with Crippen LogP contribution in [-0.4, -0.2) is 39.6 Å². The maximum Gasteiger partial charge on any atom is 0.275 e. The lowest BCUT2D eigenvalue weighted by Gasteiger charge is -2.21. The van der Waals surface area contributed by atoms with Gasteiger partial charge in [-0.05, 0) is 28.5 Å². The van der Waals surface area contributed by atoms with Gasteiger partial charge < -0.3 is 9.64 Å². The van der Waals surface area contributed by atoms with Crippen LogP contribution in [0.2, 0.25) is 0 Å². The van der Waals surface area contributed by atoms with Crippen molar-refractivity contribution >= 4 is 34.3 Å². The summed E-state index contributed by atoms with van der Waals surface area (Å²) in [5.41, 5.74) is 1.69. The molecule has 1 aromatic rings. The molecule has 1 fully saturated rings. The maximum absolute atomic E-state index is 12.1. The van der Waals surface area contributed by atoms with Gasteiger partial charge in [0.1, 0.15) is 0 Å². The van der Waals surface area contributed by atoms with Gasteiger partial charge in [-0.15, -0.1) is 0 Å². The van der Waals surface area contributed by atoms with Gasteiger partial charge in [0.2, 0.25) is 0 Å². The number of halogens is 1. The summed E-state index contributed by atoms with van der Waals surface area (Å²) in [5, 5.41) is 4.30. The number of carbonyl (C=O) groups is 1. The molecule has 0 radical (unpaired) electrons. The van der Waals surface area contributed by atoms with E-state index in [0.717, 1.165) is 18.6 Å². The van der Waals surface area contributed by atoms with E-state index in [4.69, 9.17) is 4.74 Å². The quantitative estimate of drug-likeness (QED) is 0.598. The molecule has 3 heterocycles. The molecule has 3 rings (SSSR count). The lowest BCUT2D eigenvalue weighted by atomic mass is 10.2. The van der Waals surface area contributed by atoms with Crippen LogP contribution in [0.1, 0.15) is 22.5 Å². The third-order valence-corrected chi connectivity index (χ3v) is 4.91. The Morgan fingerprint density at radius 1 is 1.62 bits per heavy atom. The molecular weight excluding hydrogens is 340 g/mol. The number of nitrogens with zero attached hydrogens (tertiary/aromatic N) is 3.